The first-order valence-corrected chi connectivity index (χ1v) is 5.56. The number of hydrogen-bond donors (Lipinski definition) is 1. The smallest absolute Gasteiger partial charge is 0.337 e. The van der Waals surface area contributed by atoms with Crippen molar-refractivity contribution in [1.29, 1.82) is 0 Å². The molecule has 0 spiro atoms. The molecule has 5 nitrogen and oxygen atoms in total. The van der Waals surface area contributed by atoms with Gasteiger partial charge in [-0.25, -0.2) is 4.79 Å². The Morgan fingerprint density at radius 3 is 2.22 bits per heavy atom. The number of aromatic carboxylic acids is 1. The molecule has 0 aromatic heterocycles. The molecular weight excluding hydrogens is 234 g/mol. The molecule has 0 bridgehead atoms. The van der Waals surface area contributed by atoms with Crippen LogP contribution in [0.25, 0.3) is 0 Å². The van der Waals surface area contributed by atoms with Crippen molar-refractivity contribution in [2.75, 3.05) is 32.2 Å². The van der Waals surface area contributed by atoms with Crippen molar-refractivity contribution in [2.45, 2.75) is 0 Å². The lowest BCUT2D eigenvalue weighted by Gasteiger charge is -2.21. The summed E-state index contributed by atoms with van der Waals surface area (Å²) in [6.07, 6.45) is 4.00. The third-order valence-corrected chi connectivity index (χ3v) is 2.89. The Kier molecular flexibility index (Phi) is 3.41. The number of carbonyl (C=O) groups is 1. The van der Waals surface area contributed by atoms with Crippen molar-refractivity contribution in [3.63, 3.8) is 0 Å². The first-order chi connectivity index (χ1) is 8.67. The van der Waals surface area contributed by atoms with Crippen molar-refractivity contribution >= 4 is 11.7 Å². The van der Waals surface area contributed by atoms with Gasteiger partial charge in [-0.15, -0.1) is 0 Å². The number of benzene rings is 1. The van der Waals surface area contributed by atoms with E-state index in [0.717, 1.165) is 0 Å². The van der Waals surface area contributed by atoms with Gasteiger partial charge in [-0.2, -0.15) is 0 Å². The third-order valence-electron chi connectivity index (χ3n) is 2.89. The van der Waals surface area contributed by atoms with Crippen LogP contribution >= 0.6 is 0 Å². The molecule has 1 heterocycles. The van der Waals surface area contributed by atoms with Crippen molar-refractivity contribution < 1.29 is 19.4 Å². The van der Waals surface area contributed by atoms with E-state index in [2.05, 4.69) is 0 Å². The van der Waals surface area contributed by atoms with E-state index in [1.54, 1.807) is 6.07 Å². The summed E-state index contributed by atoms with van der Waals surface area (Å²) in [6, 6.07) is 3.20. The van der Waals surface area contributed by atoms with Crippen molar-refractivity contribution in [3.8, 4) is 11.5 Å². The standard InChI is InChI=1S/C13H15NO4/c1-17-11-7-9(13(15)16)10(8-12(11)18-2)14-5-3-4-6-14/h3-4,7-8H,5-6H2,1-2H3,(H,15,16). The summed E-state index contributed by atoms with van der Waals surface area (Å²) < 4.78 is 10.3. The largest absolute Gasteiger partial charge is 0.493 e. The van der Waals surface area contributed by atoms with Crippen LogP contribution in [-0.4, -0.2) is 38.4 Å². The second-order valence-electron chi connectivity index (χ2n) is 3.91. The number of anilines is 1. The number of carboxylic acids is 1. The van der Waals surface area contributed by atoms with E-state index in [1.807, 2.05) is 17.1 Å². The molecule has 18 heavy (non-hydrogen) atoms. The van der Waals surface area contributed by atoms with Crippen LogP contribution in [0.5, 0.6) is 11.5 Å². The lowest BCUT2D eigenvalue weighted by atomic mass is 10.1. The lowest BCUT2D eigenvalue weighted by molar-refractivity contribution is 0.0697. The van der Waals surface area contributed by atoms with E-state index in [9.17, 15) is 9.90 Å². The molecule has 96 valence electrons. The van der Waals surface area contributed by atoms with E-state index >= 15 is 0 Å². The fourth-order valence-corrected chi connectivity index (χ4v) is 1.98. The molecule has 0 fully saturated rings. The summed E-state index contributed by atoms with van der Waals surface area (Å²) in [7, 11) is 3.02. The summed E-state index contributed by atoms with van der Waals surface area (Å²) in [5.74, 6) is -0.0203. The average Bonchev–Trinajstić information content (AvgIpc) is 2.90. The highest BCUT2D eigenvalue weighted by Gasteiger charge is 2.20. The highest BCUT2D eigenvalue weighted by atomic mass is 16.5. The van der Waals surface area contributed by atoms with Crippen LogP contribution in [0, 0.1) is 0 Å². The predicted molar refractivity (Wildman–Crippen MR) is 67.9 cm³/mol. The van der Waals surface area contributed by atoms with E-state index in [0.29, 0.717) is 30.3 Å². The highest BCUT2D eigenvalue weighted by Crippen LogP contribution is 2.35. The van der Waals surface area contributed by atoms with Gasteiger partial charge >= 0.3 is 5.97 Å². The quantitative estimate of drug-likeness (QED) is 0.824. The number of hydrogen-bond acceptors (Lipinski definition) is 4. The van der Waals surface area contributed by atoms with Crippen LogP contribution in [-0.2, 0) is 0 Å². The molecule has 1 aromatic carbocycles. The van der Waals surface area contributed by atoms with E-state index < -0.39 is 5.97 Å². The molecule has 5 heteroatoms. The number of rotatable bonds is 4. The Morgan fingerprint density at radius 1 is 1.17 bits per heavy atom. The maximum absolute atomic E-state index is 11.3. The maximum Gasteiger partial charge on any atom is 0.337 e. The van der Waals surface area contributed by atoms with Crippen molar-refractivity contribution in [2.24, 2.45) is 0 Å². The number of nitrogens with zero attached hydrogens (tertiary/aromatic N) is 1. The van der Waals surface area contributed by atoms with E-state index in [4.69, 9.17) is 9.47 Å². The minimum atomic E-state index is -0.974. The van der Waals surface area contributed by atoms with Crippen molar-refractivity contribution in [3.05, 3.63) is 29.8 Å². The predicted octanol–water partition coefficient (Wildman–Crippen LogP) is 1.78. The van der Waals surface area contributed by atoms with Gasteiger partial charge in [-0.3, -0.25) is 0 Å². The molecule has 1 aromatic rings. The topological polar surface area (TPSA) is 59.0 Å². The van der Waals surface area contributed by atoms with Gasteiger partial charge in [0, 0.05) is 25.2 Å². The second-order valence-corrected chi connectivity index (χ2v) is 3.91. The molecule has 0 amide bonds. The molecule has 1 N–H and O–H groups in total. The first-order valence-electron chi connectivity index (χ1n) is 5.56. The van der Waals surface area contributed by atoms with Crippen LogP contribution in [0.4, 0.5) is 5.69 Å². The van der Waals surface area contributed by atoms with Gasteiger partial charge in [0.25, 0.3) is 0 Å². The van der Waals surface area contributed by atoms with Crippen molar-refractivity contribution in [1.82, 2.24) is 0 Å². The Balaban J connectivity index is 2.51. The number of ether oxygens (including phenoxy) is 2. The summed E-state index contributed by atoms with van der Waals surface area (Å²) in [6.45, 7) is 1.41. The number of methoxy groups -OCH3 is 2. The Labute approximate surface area is 105 Å². The molecule has 1 aliphatic rings. The van der Waals surface area contributed by atoms with Crippen LogP contribution in [0.2, 0.25) is 0 Å². The van der Waals surface area contributed by atoms with E-state index in [-0.39, 0.29) is 5.56 Å². The second kappa shape index (κ2) is 5.00. The minimum Gasteiger partial charge on any atom is -0.493 e. The average molecular weight is 249 g/mol. The molecule has 0 saturated heterocycles. The van der Waals surface area contributed by atoms with Gasteiger partial charge in [-0.1, -0.05) is 12.2 Å². The molecular formula is C13H15NO4. The first kappa shape index (κ1) is 12.3. The SMILES string of the molecule is COc1cc(C(=O)O)c(N2CC=CC2)cc1OC. The van der Waals surface area contributed by atoms with Crippen LogP contribution in [0.3, 0.4) is 0 Å². The van der Waals surface area contributed by atoms with Gasteiger partial charge in [0.05, 0.1) is 25.5 Å². The Hall–Kier alpha value is -2.17. The summed E-state index contributed by atoms with van der Waals surface area (Å²) >= 11 is 0. The molecule has 1 aliphatic heterocycles. The zero-order chi connectivity index (χ0) is 13.1. The van der Waals surface area contributed by atoms with Crippen LogP contribution < -0.4 is 14.4 Å². The molecule has 0 atom stereocenters. The zero-order valence-electron chi connectivity index (χ0n) is 10.3. The normalized spacial score (nSPS) is 13.8. The minimum absolute atomic E-state index is 0.219. The molecule has 0 saturated carbocycles. The number of carboxylic acid groups (broad SMARTS) is 1. The molecule has 0 aliphatic carbocycles. The third kappa shape index (κ3) is 2.11. The van der Waals surface area contributed by atoms with Gasteiger partial charge in [0.1, 0.15) is 0 Å². The maximum atomic E-state index is 11.3. The van der Waals surface area contributed by atoms with E-state index in [1.165, 1.54) is 20.3 Å². The Bertz CT molecular complexity index is 488. The highest BCUT2D eigenvalue weighted by molar-refractivity contribution is 5.96. The van der Waals surface area contributed by atoms with Gasteiger partial charge in [0.15, 0.2) is 11.5 Å². The fourth-order valence-electron chi connectivity index (χ4n) is 1.98. The lowest BCUT2D eigenvalue weighted by Crippen LogP contribution is -2.21. The Morgan fingerprint density at radius 2 is 1.72 bits per heavy atom. The molecule has 0 unspecified atom stereocenters. The monoisotopic (exact) mass is 249 g/mol. The van der Waals surface area contributed by atoms with Crippen LogP contribution in [0.1, 0.15) is 10.4 Å². The van der Waals surface area contributed by atoms with Gasteiger partial charge in [-0.05, 0) is 0 Å². The van der Waals surface area contributed by atoms with Crippen LogP contribution in [0.15, 0.2) is 24.3 Å². The summed E-state index contributed by atoms with van der Waals surface area (Å²) in [4.78, 5) is 13.3. The van der Waals surface area contributed by atoms with Gasteiger partial charge < -0.3 is 19.5 Å². The summed E-state index contributed by atoms with van der Waals surface area (Å²) in [5, 5.41) is 9.27. The molecule has 2 rings (SSSR count). The summed E-state index contributed by atoms with van der Waals surface area (Å²) in [5.41, 5.74) is 0.863. The molecule has 0 radical (unpaired) electrons. The fraction of sp³-hybridized carbons (Fsp3) is 0.308. The zero-order valence-corrected chi connectivity index (χ0v) is 10.3. The van der Waals surface area contributed by atoms with Gasteiger partial charge in [0.2, 0.25) is 0 Å².